The van der Waals surface area contributed by atoms with Crippen LogP contribution in [0, 0.1) is 23.5 Å². The summed E-state index contributed by atoms with van der Waals surface area (Å²) in [5.74, 6) is -7.03. The number of aliphatic carboxylic acids is 1. The maximum Gasteiger partial charge on any atom is 0.394 e. The minimum Gasteiger partial charge on any atom is -0.481 e. The first-order valence-corrected chi connectivity index (χ1v) is 7.35. The molecule has 1 aromatic carbocycles. The maximum absolute atomic E-state index is 13.0. The average molecular weight is 366 g/mol. The fourth-order valence-electron chi connectivity index (χ4n) is 2.73. The predicted octanol–water partition coefficient (Wildman–Crippen LogP) is 2.41. The van der Waals surface area contributed by atoms with Gasteiger partial charge >= 0.3 is 18.2 Å². The summed E-state index contributed by atoms with van der Waals surface area (Å²) in [6.45, 7) is -1.37. The molecule has 0 aliphatic carbocycles. The van der Waals surface area contributed by atoms with Gasteiger partial charge in [0.15, 0.2) is 0 Å². The largest absolute Gasteiger partial charge is 0.481 e. The van der Waals surface area contributed by atoms with Crippen LogP contribution in [0.25, 0.3) is 0 Å². The number of benzene rings is 1. The van der Waals surface area contributed by atoms with E-state index in [4.69, 9.17) is 5.11 Å². The minimum atomic E-state index is -4.73. The predicted molar refractivity (Wildman–Crippen MR) is 75.7 cm³/mol. The first-order chi connectivity index (χ1) is 11.6. The monoisotopic (exact) mass is 366 g/mol. The van der Waals surface area contributed by atoms with Crippen molar-refractivity contribution in [1.29, 1.82) is 0 Å². The van der Waals surface area contributed by atoms with Gasteiger partial charge in [-0.3, -0.25) is 4.79 Å². The van der Waals surface area contributed by atoms with Gasteiger partial charge in [-0.15, -0.1) is 0 Å². The fraction of sp³-hybridized carbons (Fsp3) is 0.467. The molecule has 5 nitrogen and oxygen atoms in total. The Morgan fingerprint density at radius 2 is 1.76 bits per heavy atom. The number of carboxylic acids is 1. The highest BCUT2D eigenvalue weighted by Crippen LogP contribution is 2.37. The van der Waals surface area contributed by atoms with Crippen molar-refractivity contribution in [1.82, 2.24) is 10.2 Å². The van der Waals surface area contributed by atoms with Gasteiger partial charge in [-0.2, -0.15) is 13.2 Å². The second-order valence-corrected chi connectivity index (χ2v) is 5.76. The van der Waals surface area contributed by atoms with Gasteiger partial charge in [-0.05, 0) is 24.1 Å². The zero-order valence-electron chi connectivity index (χ0n) is 12.8. The van der Waals surface area contributed by atoms with Crippen molar-refractivity contribution in [3.8, 4) is 0 Å². The van der Waals surface area contributed by atoms with E-state index in [1.165, 1.54) is 0 Å². The summed E-state index contributed by atoms with van der Waals surface area (Å²) in [4.78, 5) is 23.7. The van der Waals surface area contributed by atoms with E-state index >= 15 is 0 Å². The van der Waals surface area contributed by atoms with Crippen LogP contribution < -0.4 is 5.32 Å². The number of hydrogen-bond acceptors (Lipinski definition) is 2. The fourth-order valence-corrected chi connectivity index (χ4v) is 2.73. The molecule has 10 heteroatoms. The molecular weight excluding hydrogens is 351 g/mol. The Morgan fingerprint density at radius 1 is 1.16 bits per heavy atom. The van der Waals surface area contributed by atoms with E-state index in [-0.39, 0.29) is 18.5 Å². The van der Waals surface area contributed by atoms with E-state index in [1.54, 1.807) is 0 Å². The number of carbonyl (C=O) groups excluding carboxylic acids is 1. The summed E-state index contributed by atoms with van der Waals surface area (Å²) in [7, 11) is 0. The molecule has 2 atom stereocenters. The number of urea groups is 1. The number of halogens is 5. The van der Waals surface area contributed by atoms with Crippen LogP contribution in [-0.2, 0) is 11.2 Å². The number of carboxylic acid groups (broad SMARTS) is 1. The molecule has 1 fully saturated rings. The molecule has 138 valence electrons. The van der Waals surface area contributed by atoms with Crippen LogP contribution in [0.2, 0.25) is 0 Å². The molecule has 2 rings (SSSR count). The summed E-state index contributed by atoms with van der Waals surface area (Å²) in [5, 5.41) is 11.2. The summed E-state index contributed by atoms with van der Waals surface area (Å²) in [6, 6.07) is 1.99. The summed E-state index contributed by atoms with van der Waals surface area (Å²) >= 11 is 0. The normalized spacial score (nSPS) is 20.6. The smallest absolute Gasteiger partial charge is 0.394 e. The lowest BCUT2D eigenvalue weighted by Crippen LogP contribution is -2.40. The molecule has 0 spiro atoms. The van der Waals surface area contributed by atoms with Gasteiger partial charge in [0.1, 0.15) is 11.6 Å². The number of nitrogens with zero attached hydrogens (tertiary/aromatic N) is 1. The summed E-state index contributed by atoms with van der Waals surface area (Å²) in [5.41, 5.74) is 0.274. The van der Waals surface area contributed by atoms with Crippen LogP contribution in [-0.4, -0.2) is 47.8 Å². The Morgan fingerprint density at radius 3 is 2.24 bits per heavy atom. The highest BCUT2D eigenvalue weighted by molar-refractivity contribution is 5.77. The number of amides is 2. The molecule has 1 aliphatic heterocycles. The molecule has 1 aromatic rings. The third kappa shape index (κ3) is 4.80. The van der Waals surface area contributed by atoms with Gasteiger partial charge in [0.25, 0.3) is 0 Å². The molecule has 1 heterocycles. The third-order valence-electron chi connectivity index (χ3n) is 3.96. The lowest BCUT2D eigenvalue weighted by atomic mass is 9.96. The highest BCUT2D eigenvalue weighted by Gasteiger charge is 2.53. The van der Waals surface area contributed by atoms with Crippen molar-refractivity contribution in [3.63, 3.8) is 0 Å². The van der Waals surface area contributed by atoms with E-state index in [1.807, 2.05) is 0 Å². The summed E-state index contributed by atoms with van der Waals surface area (Å²) in [6.07, 6.45) is -4.66. The second kappa shape index (κ2) is 7.24. The molecule has 0 bridgehead atoms. The first kappa shape index (κ1) is 18.9. The van der Waals surface area contributed by atoms with Crippen LogP contribution in [0.3, 0.4) is 0 Å². The van der Waals surface area contributed by atoms with Crippen molar-refractivity contribution in [2.24, 2.45) is 11.8 Å². The zero-order chi connectivity index (χ0) is 18.8. The van der Waals surface area contributed by atoms with E-state index in [0.29, 0.717) is 6.07 Å². The van der Waals surface area contributed by atoms with Crippen LogP contribution in [0.1, 0.15) is 5.56 Å². The highest BCUT2D eigenvalue weighted by atomic mass is 19.4. The molecule has 1 saturated heterocycles. The van der Waals surface area contributed by atoms with Crippen LogP contribution in [0.15, 0.2) is 18.2 Å². The van der Waals surface area contributed by atoms with E-state index in [0.717, 1.165) is 17.0 Å². The van der Waals surface area contributed by atoms with Gasteiger partial charge in [-0.25, -0.2) is 13.6 Å². The quantitative estimate of drug-likeness (QED) is 0.804. The number of alkyl halides is 3. The van der Waals surface area contributed by atoms with E-state index in [2.05, 4.69) is 5.32 Å². The lowest BCUT2D eigenvalue weighted by molar-refractivity contribution is -0.187. The number of likely N-dealkylation sites (tertiary alicyclic amines) is 1. The SMILES string of the molecule is O=C(O)[C@@H]1CN(C(=O)NCCc2cc(F)cc(F)c2)C[C@H]1C(F)(F)F. The number of carbonyl (C=O) groups is 2. The van der Waals surface area contributed by atoms with Gasteiger partial charge in [0.2, 0.25) is 0 Å². The Balaban J connectivity index is 1.91. The maximum atomic E-state index is 13.0. The lowest BCUT2D eigenvalue weighted by Gasteiger charge is -2.18. The number of rotatable bonds is 4. The average Bonchev–Trinajstić information content (AvgIpc) is 2.91. The molecule has 1 aliphatic rings. The topological polar surface area (TPSA) is 69.6 Å². The Labute approximate surface area is 139 Å². The molecule has 0 unspecified atom stereocenters. The van der Waals surface area contributed by atoms with Gasteiger partial charge in [-0.1, -0.05) is 0 Å². The van der Waals surface area contributed by atoms with Crippen LogP contribution in [0.5, 0.6) is 0 Å². The van der Waals surface area contributed by atoms with Crippen molar-refractivity contribution < 1.29 is 36.6 Å². The number of hydrogen-bond donors (Lipinski definition) is 2. The first-order valence-electron chi connectivity index (χ1n) is 7.35. The molecule has 25 heavy (non-hydrogen) atoms. The molecule has 0 saturated carbocycles. The van der Waals surface area contributed by atoms with Crippen molar-refractivity contribution in [2.75, 3.05) is 19.6 Å². The molecular formula is C15H15F5N2O3. The van der Waals surface area contributed by atoms with E-state index < -0.39 is 54.7 Å². The van der Waals surface area contributed by atoms with Crippen molar-refractivity contribution in [2.45, 2.75) is 12.6 Å². The molecule has 2 amide bonds. The van der Waals surface area contributed by atoms with Gasteiger partial charge < -0.3 is 15.3 Å². The Kier molecular flexibility index (Phi) is 5.48. The Hall–Kier alpha value is -2.39. The van der Waals surface area contributed by atoms with Crippen LogP contribution in [0.4, 0.5) is 26.7 Å². The third-order valence-corrected chi connectivity index (χ3v) is 3.96. The molecule has 0 aromatic heterocycles. The molecule has 2 N–H and O–H groups in total. The van der Waals surface area contributed by atoms with Gasteiger partial charge in [0, 0.05) is 25.7 Å². The van der Waals surface area contributed by atoms with Crippen LogP contribution >= 0.6 is 0 Å². The second-order valence-electron chi connectivity index (χ2n) is 5.76. The Bertz CT molecular complexity index is 645. The number of nitrogens with one attached hydrogen (secondary N) is 1. The standard InChI is InChI=1S/C15H15F5N2O3/c16-9-3-8(4-10(17)5-9)1-2-21-14(25)22-6-11(13(23)24)12(7-22)15(18,19)20/h3-5,11-12H,1-2,6-7H2,(H,21,25)(H,23,24)/t11-,12-/m1/s1. The minimum absolute atomic E-state index is 0.0628. The zero-order valence-corrected chi connectivity index (χ0v) is 12.8. The van der Waals surface area contributed by atoms with E-state index in [9.17, 15) is 31.5 Å². The van der Waals surface area contributed by atoms with Gasteiger partial charge in [0.05, 0.1) is 11.8 Å². The van der Waals surface area contributed by atoms with Crippen molar-refractivity contribution >= 4 is 12.0 Å². The molecule has 0 radical (unpaired) electrons. The summed E-state index contributed by atoms with van der Waals surface area (Å²) < 4.78 is 64.7. The van der Waals surface area contributed by atoms with Crippen molar-refractivity contribution in [3.05, 3.63) is 35.4 Å².